The van der Waals surface area contributed by atoms with Crippen molar-refractivity contribution in [3.05, 3.63) is 150 Å². The summed E-state index contributed by atoms with van der Waals surface area (Å²) in [6.07, 6.45) is 5.46. The largest absolute Gasteiger partial charge is 0.388 e. The number of hydrogen-bond acceptors (Lipinski definition) is 2. The monoisotopic (exact) mass is 723 g/mol. The van der Waals surface area contributed by atoms with Crippen molar-refractivity contribution in [3.63, 3.8) is 0 Å². The number of nitrogens with one attached hydrogen (secondary N) is 1. The molecule has 1 aromatic heterocycles. The van der Waals surface area contributed by atoms with Gasteiger partial charge in [0, 0.05) is 57.3 Å². The summed E-state index contributed by atoms with van der Waals surface area (Å²) in [5.74, 6) is 0.822. The summed E-state index contributed by atoms with van der Waals surface area (Å²) in [5.41, 5.74) is 12.0. The van der Waals surface area contributed by atoms with E-state index in [1.165, 1.54) is 16.8 Å². The molecule has 1 aliphatic carbocycles. The highest BCUT2D eigenvalue weighted by Crippen LogP contribution is 2.46. The lowest BCUT2D eigenvalue weighted by Crippen LogP contribution is -2.57. The molecule has 0 fully saturated rings. The predicted octanol–water partition coefficient (Wildman–Crippen LogP) is 5.41. The van der Waals surface area contributed by atoms with Crippen LogP contribution in [0.3, 0.4) is 0 Å². The van der Waals surface area contributed by atoms with Gasteiger partial charge in [0.2, 0.25) is 0 Å². The van der Waals surface area contributed by atoms with Crippen molar-refractivity contribution in [2.45, 2.75) is 13.3 Å². The molecule has 1 N–H and O–H groups in total. The van der Waals surface area contributed by atoms with Gasteiger partial charge >= 0.3 is 0 Å². The van der Waals surface area contributed by atoms with E-state index in [1.807, 2.05) is 61.6 Å². The first kappa shape index (κ1) is 37.6. The van der Waals surface area contributed by atoms with Crippen molar-refractivity contribution in [2.24, 2.45) is 20.9 Å². The highest BCUT2D eigenvalue weighted by atomic mass is 15.0. The number of benzene rings is 6. The standard InChI is InChI=1S/C47H34B5N5/c1-27-21-22-33-37(25-27)57(31-18-12-17-30(26-31)28-13-6-4-7-14-28)36-24-23-35(53-2)38(39(33)36)32-19-10-11-20-34(32)55-46(29-15-8-5-9-16-29)56-47(54-3)40-41(48)43(50)45(52)44(51)42(40)49/h4-24,26-27,53H,3,25H2,1-2H3. The molecule has 0 saturated heterocycles. The Kier molecular flexibility index (Phi) is 10.4. The van der Waals surface area contributed by atoms with E-state index < -0.39 is 0 Å². The van der Waals surface area contributed by atoms with Crippen molar-refractivity contribution < 1.29 is 0 Å². The Morgan fingerprint density at radius 1 is 0.719 bits per heavy atom. The summed E-state index contributed by atoms with van der Waals surface area (Å²) < 4.78 is 2.42. The summed E-state index contributed by atoms with van der Waals surface area (Å²) in [4.78, 5) is 14.5. The fourth-order valence-corrected chi connectivity index (χ4v) is 7.71. The van der Waals surface area contributed by atoms with Gasteiger partial charge in [0.15, 0.2) is 11.7 Å². The molecule has 8 rings (SSSR count). The van der Waals surface area contributed by atoms with Gasteiger partial charge in [-0.15, -0.1) is 16.4 Å². The molecule has 262 valence electrons. The lowest BCUT2D eigenvalue weighted by molar-refractivity contribution is 0.690. The molecule has 57 heavy (non-hydrogen) atoms. The first-order valence-electron chi connectivity index (χ1n) is 18.7. The van der Waals surface area contributed by atoms with Gasteiger partial charge in [-0.05, 0) is 60.5 Å². The molecule has 5 nitrogen and oxygen atoms in total. The van der Waals surface area contributed by atoms with Gasteiger partial charge < -0.3 is 9.88 Å². The molecule has 0 bridgehead atoms. The lowest BCUT2D eigenvalue weighted by atomic mass is 9.60. The third-order valence-electron chi connectivity index (χ3n) is 10.6. The van der Waals surface area contributed by atoms with Gasteiger partial charge in [0.25, 0.3) is 0 Å². The summed E-state index contributed by atoms with van der Waals surface area (Å²) in [5, 5.41) is 4.61. The molecule has 1 aliphatic rings. The molecule has 0 aliphatic heterocycles. The third-order valence-corrected chi connectivity index (χ3v) is 10.6. The smallest absolute Gasteiger partial charge is 0.162 e. The SMILES string of the molecule is [B]c1c([B])c([B])c(C(N=C)=NC(=Nc2ccccc2-c2c(NC)ccc3c2c2c(n3-c3cccc(-c4ccccc4)c3)CC(C)C=C2)c2ccccc2)c([B])c1[B]. The van der Waals surface area contributed by atoms with Crippen molar-refractivity contribution >= 4 is 113 Å². The Morgan fingerprint density at radius 3 is 2.07 bits per heavy atom. The van der Waals surface area contributed by atoms with Crippen molar-refractivity contribution in [1.29, 1.82) is 0 Å². The van der Waals surface area contributed by atoms with Gasteiger partial charge in [0.05, 0.1) is 11.2 Å². The maximum atomic E-state index is 6.46. The molecule has 1 heterocycles. The van der Waals surface area contributed by atoms with Crippen LogP contribution in [0.5, 0.6) is 0 Å². The highest BCUT2D eigenvalue weighted by Gasteiger charge is 2.26. The predicted molar refractivity (Wildman–Crippen MR) is 248 cm³/mol. The minimum atomic E-state index is 0.0924. The molecular weight excluding hydrogens is 689 g/mol. The van der Waals surface area contributed by atoms with Crippen LogP contribution < -0.4 is 32.6 Å². The van der Waals surface area contributed by atoms with Gasteiger partial charge in [-0.1, -0.05) is 121 Å². The van der Waals surface area contributed by atoms with E-state index in [-0.39, 0.29) is 38.7 Å². The Hall–Kier alpha value is -6.27. The second-order valence-electron chi connectivity index (χ2n) is 14.1. The van der Waals surface area contributed by atoms with Gasteiger partial charge in [0.1, 0.15) is 39.2 Å². The molecule has 10 radical (unpaired) electrons. The summed E-state index contributed by atoms with van der Waals surface area (Å²) >= 11 is 0. The fourth-order valence-electron chi connectivity index (χ4n) is 7.71. The van der Waals surface area contributed by atoms with Crippen LogP contribution in [0, 0.1) is 5.92 Å². The second kappa shape index (κ2) is 15.7. The molecular formula is C47H34B5N5. The van der Waals surface area contributed by atoms with Crippen LogP contribution in [0.2, 0.25) is 0 Å². The van der Waals surface area contributed by atoms with Crippen LogP contribution in [0.4, 0.5) is 11.4 Å². The number of amidine groups is 2. The number of aromatic nitrogens is 1. The number of nitrogens with zero attached hydrogens (tertiary/aromatic N) is 4. The van der Waals surface area contributed by atoms with E-state index >= 15 is 0 Å². The van der Waals surface area contributed by atoms with E-state index in [4.69, 9.17) is 49.2 Å². The van der Waals surface area contributed by atoms with Crippen LogP contribution in [-0.2, 0) is 6.42 Å². The van der Waals surface area contributed by atoms with Crippen LogP contribution in [-0.4, -0.2) is 69.2 Å². The minimum absolute atomic E-state index is 0.0924. The molecule has 7 aromatic rings. The quantitative estimate of drug-likeness (QED) is 0.134. The maximum absolute atomic E-state index is 6.46. The molecule has 10 heteroatoms. The van der Waals surface area contributed by atoms with E-state index in [9.17, 15) is 0 Å². The first-order chi connectivity index (χ1) is 27.7. The number of para-hydroxylation sites is 1. The molecule has 1 atom stereocenters. The van der Waals surface area contributed by atoms with Gasteiger partial charge in [-0.25, -0.2) is 15.0 Å². The molecule has 0 amide bonds. The van der Waals surface area contributed by atoms with Crippen molar-refractivity contribution in [2.75, 3.05) is 12.4 Å². The highest BCUT2D eigenvalue weighted by molar-refractivity contribution is 6.68. The molecule has 0 saturated carbocycles. The number of hydrogen-bond donors (Lipinski definition) is 1. The lowest BCUT2D eigenvalue weighted by Gasteiger charge is -2.20. The number of aliphatic imine (C=N–C) groups is 3. The number of anilines is 1. The summed E-state index contributed by atoms with van der Waals surface area (Å²) in [6, 6.07) is 41.3. The van der Waals surface area contributed by atoms with E-state index in [1.54, 1.807) is 0 Å². The number of fused-ring (bicyclic) bond motifs is 3. The van der Waals surface area contributed by atoms with Crippen LogP contribution in [0.1, 0.15) is 29.3 Å². The average Bonchev–Trinajstić information content (AvgIpc) is 3.58. The van der Waals surface area contributed by atoms with E-state index in [0.717, 1.165) is 51.0 Å². The summed E-state index contributed by atoms with van der Waals surface area (Å²) in [6.45, 7) is 6.06. The zero-order chi connectivity index (χ0) is 39.8. The van der Waals surface area contributed by atoms with Crippen LogP contribution in [0.15, 0.2) is 142 Å². The zero-order valence-corrected chi connectivity index (χ0v) is 31.9. The van der Waals surface area contributed by atoms with E-state index in [0.29, 0.717) is 17.4 Å². The van der Waals surface area contributed by atoms with Crippen molar-refractivity contribution in [1.82, 2.24) is 4.57 Å². The Balaban J connectivity index is 1.38. The number of allylic oxidation sites excluding steroid dienone is 1. The maximum Gasteiger partial charge on any atom is 0.162 e. The summed E-state index contributed by atoms with van der Waals surface area (Å²) in [7, 11) is 33.5. The molecule has 6 aromatic carbocycles. The molecule has 1 unspecified atom stereocenters. The van der Waals surface area contributed by atoms with Crippen LogP contribution in [0.25, 0.3) is 44.9 Å². The Morgan fingerprint density at radius 2 is 1.37 bits per heavy atom. The first-order valence-corrected chi connectivity index (χ1v) is 18.7. The number of rotatable bonds is 7. The molecule has 0 spiro atoms. The second-order valence-corrected chi connectivity index (χ2v) is 14.1. The van der Waals surface area contributed by atoms with Gasteiger partial charge in [-0.2, -0.15) is 0 Å². The topological polar surface area (TPSA) is 54.0 Å². The van der Waals surface area contributed by atoms with Gasteiger partial charge in [-0.3, -0.25) is 0 Å². The minimum Gasteiger partial charge on any atom is -0.388 e. The van der Waals surface area contributed by atoms with E-state index in [2.05, 4.69) is 107 Å². The fraction of sp³-hybridized carbons (Fsp3) is 0.0851. The Labute approximate surface area is 340 Å². The normalized spacial score (nSPS) is 14.1. The zero-order valence-electron chi connectivity index (χ0n) is 31.9. The third kappa shape index (κ3) is 6.84. The average molecular weight is 723 g/mol. The Bertz CT molecular complexity index is 2760. The van der Waals surface area contributed by atoms with Crippen LogP contribution >= 0.6 is 0 Å². The van der Waals surface area contributed by atoms with Crippen molar-refractivity contribution in [3.8, 4) is 27.9 Å².